The van der Waals surface area contributed by atoms with E-state index < -0.39 is 6.10 Å². The second kappa shape index (κ2) is 4.91. The normalized spacial score (nSPS) is 34.4. The summed E-state index contributed by atoms with van der Waals surface area (Å²) in [6.45, 7) is 7.43. The van der Waals surface area contributed by atoms with Crippen LogP contribution in [0, 0.1) is 0 Å². The summed E-state index contributed by atoms with van der Waals surface area (Å²) < 4.78 is 5.39. The van der Waals surface area contributed by atoms with Crippen LogP contribution in [-0.4, -0.2) is 54.5 Å². The molecule has 0 spiro atoms. The maximum atomic E-state index is 9.62. The van der Waals surface area contributed by atoms with Crippen LogP contribution in [0.3, 0.4) is 0 Å². The largest absolute Gasteiger partial charge is 0.389 e. The molecule has 0 amide bonds. The van der Waals surface area contributed by atoms with Crippen molar-refractivity contribution in [1.82, 2.24) is 4.90 Å². The maximum Gasteiger partial charge on any atom is 0.0987 e. The molecule has 4 heteroatoms. The van der Waals surface area contributed by atoms with E-state index in [1.54, 1.807) is 0 Å². The third-order valence-electron chi connectivity index (χ3n) is 2.65. The number of likely N-dealkylation sites (N-methyl/N-ethyl adjacent to an activating group) is 1. The lowest BCUT2D eigenvalue weighted by molar-refractivity contribution is 0.0178. The maximum absolute atomic E-state index is 9.62. The summed E-state index contributed by atoms with van der Waals surface area (Å²) >= 11 is 0. The molecule has 0 aromatic carbocycles. The smallest absolute Gasteiger partial charge is 0.0987 e. The summed E-state index contributed by atoms with van der Waals surface area (Å²) in [6, 6.07) is -0.208. The Morgan fingerprint density at radius 3 is 2.46 bits per heavy atom. The Morgan fingerprint density at radius 1 is 1.46 bits per heavy atom. The fraction of sp³-hybridized carbons (Fsp3) is 1.00. The molecule has 0 bridgehead atoms. The van der Waals surface area contributed by atoms with Crippen molar-refractivity contribution >= 4 is 0 Å². The first kappa shape index (κ1) is 10.9. The number of ether oxygens (including phenoxy) is 1. The van der Waals surface area contributed by atoms with Gasteiger partial charge in [0.1, 0.15) is 0 Å². The molecule has 1 fully saturated rings. The van der Waals surface area contributed by atoms with Gasteiger partial charge in [0, 0.05) is 6.54 Å². The van der Waals surface area contributed by atoms with Gasteiger partial charge in [0.15, 0.2) is 0 Å². The van der Waals surface area contributed by atoms with E-state index in [2.05, 4.69) is 18.7 Å². The van der Waals surface area contributed by atoms with Crippen LogP contribution in [0.15, 0.2) is 0 Å². The van der Waals surface area contributed by atoms with Crippen molar-refractivity contribution in [2.45, 2.75) is 32.1 Å². The van der Waals surface area contributed by atoms with Gasteiger partial charge in [-0.3, -0.25) is 0 Å². The number of aliphatic hydroxyl groups is 1. The Labute approximate surface area is 79.7 Å². The second-order valence-electron chi connectivity index (χ2n) is 3.51. The highest BCUT2D eigenvalue weighted by atomic mass is 16.5. The summed E-state index contributed by atoms with van der Waals surface area (Å²) in [6.07, 6.45) is -0.601. The summed E-state index contributed by atoms with van der Waals surface area (Å²) in [5, 5.41) is 9.62. The molecule has 1 rings (SSSR count). The van der Waals surface area contributed by atoms with E-state index in [9.17, 15) is 5.11 Å². The van der Waals surface area contributed by atoms with Gasteiger partial charge in [-0.15, -0.1) is 0 Å². The van der Waals surface area contributed by atoms with Crippen molar-refractivity contribution < 1.29 is 9.84 Å². The minimum absolute atomic E-state index is 0.102. The van der Waals surface area contributed by atoms with Crippen LogP contribution >= 0.6 is 0 Å². The van der Waals surface area contributed by atoms with Crippen LogP contribution in [-0.2, 0) is 4.74 Å². The second-order valence-corrected chi connectivity index (χ2v) is 3.51. The molecule has 1 heterocycles. The van der Waals surface area contributed by atoms with Crippen molar-refractivity contribution in [3.63, 3.8) is 0 Å². The van der Waals surface area contributed by atoms with Crippen LogP contribution in [0.25, 0.3) is 0 Å². The summed E-state index contributed by atoms with van der Waals surface area (Å²) in [5.74, 6) is 0. The van der Waals surface area contributed by atoms with E-state index in [-0.39, 0.29) is 12.1 Å². The quantitative estimate of drug-likeness (QED) is 0.619. The van der Waals surface area contributed by atoms with Gasteiger partial charge in [-0.2, -0.15) is 0 Å². The zero-order valence-corrected chi connectivity index (χ0v) is 8.44. The highest BCUT2D eigenvalue weighted by molar-refractivity contribution is 4.87. The molecule has 0 aliphatic carbocycles. The third-order valence-corrected chi connectivity index (χ3v) is 2.65. The average Bonchev–Trinajstić information content (AvgIpc) is 2.45. The number of rotatable bonds is 4. The van der Waals surface area contributed by atoms with Gasteiger partial charge in [0.25, 0.3) is 0 Å². The molecule has 0 aromatic rings. The first-order chi connectivity index (χ1) is 6.19. The van der Waals surface area contributed by atoms with Crippen LogP contribution in [0.5, 0.6) is 0 Å². The summed E-state index contributed by atoms with van der Waals surface area (Å²) in [5.41, 5.74) is 5.63. The van der Waals surface area contributed by atoms with E-state index in [0.717, 1.165) is 19.6 Å². The van der Waals surface area contributed by atoms with Crippen molar-refractivity contribution in [3.8, 4) is 0 Å². The van der Waals surface area contributed by atoms with E-state index in [0.29, 0.717) is 6.61 Å². The van der Waals surface area contributed by atoms with Crippen LogP contribution in [0.4, 0.5) is 0 Å². The molecule has 4 nitrogen and oxygen atoms in total. The lowest BCUT2D eigenvalue weighted by Gasteiger charge is -2.23. The molecule has 1 aliphatic rings. The Morgan fingerprint density at radius 2 is 2.08 bits per heavy atom. The van der Waals surface area contributed by atoms with Crippen molar-refractivity contribution in [1.29, 1.82) is 0 Å². The minimum atomic E-state index is -0.499. The Hall–Kier alpha value is -0.160. The highest BCUT2D eigenvalue weighted by Gasteiger charge is 2.33. The first-order valence-corrected chi connectivity index (χ1v) is 4.96. The van der Waals surface area contributed by atoms with Crippen LogP contribution < -0.4 is 5.73 Å². The topological polar surface area (TPSA) is 58.7 Å². The van der Waals surface area contributed by atoms with Crippen molar-refractivity contribution in [2.75, 3.05) is 26.2 Å². The average molecular weight is 188 g/mol. The first-order valence-electron chi connectivity index (χ1n) is 4.96. The molecule has 78 valence electrons. The zero-order chi connectivity index (χ0) is 9.84. The van der Waals surface area contributed by atoms with Crippen molar-refractivity contribution in [2.24, 2.45) is 5.73 Å². The lowest BCUT2D eigenvalue weighted by Crippen LogP contribution is -2.42. The Bertz CT molecular complexity index is 151. The molecular weight excluding hydrogens is 168 g/mol. The summed E-state index contributed by atoms with van der Waals surface area (Å²) in [7, 11) is 0. The van der Waals surface area contributed by atoms with E-state index >= 15 is 0 Å². The van der Waals surface area contributed by atoms with Gasteiger partial charge in [-0.1, -0.05) is 13.8 Å². The molecule has 0 saturated carbocycles. The molecular formula is C9H20N2O2. The zero-order valence-electron chi connectivity index (χ0n) is 8.44. The van der Waals surface area contributed by atoms with Crippen molar-refractivity contribution in [3.05, 3.63) is 0 Å². The minimum Gasteiger partial charge on any atom is -0.389 e. The molecule has 3 atom stereocenters. The summed E-state index contributed by atoms with van der Waals surface area (Å²) in [4.78, 5) is 2.23. The van der Waals surface area contributed by atoms with E-state index in [4.69, 9.17) is 10.5 Å². The van der Waals surface area contributed by atoms with Crippen LogP contribution in [0.1, 0.15) is 13.8 Å². The SMILES string of the molecule is CCN(CC)C[C@@H]1OC[C@H](N)[C@H]1O. The predicted octanol–water partition coefficient (Wildman–Crippen LogP) is -0.585. The molecule has 0 radical (unpaired) electrons. The van der Waals surface area contributed by atoms with E-state index in [1.807, 2.05) is 0 Å². The molecule has 0 unspecified atom stereocenters. The third kappa shape index (κ3) is 2.64. The van der Waals surface area contributed by atoms with Crippen LogP contribution in [0.2, 0.25) is 0 Å². The van der Waals surface area contributed by atoms with Gasteiger partial charge in [0.05, 0.1) is 24.9 Å². The lowest BCUT2D eigenvalue weighted by atomic mass is 10.1. The number of nitrogens with zero attached hydrogens (tertiary/aromatic N) is 1. The standard InChI is InChI=1S/C9H20N2O2/c1-3-11(4-2)5-8-9(12)7(10)6-13-8/h7-9,12H,3-6,10H2,1-2H3/t7-,8-,9+/m0/s1. The number of hydrogen-bond donors (Lipinski definition) is 2. The highest BCUT2D eigenvalue weighted by Crippen LogP contribution is 2.13. The van der Waals surface area contributed by atoms with Gasteiger partial charge in [-0.05, 0) is 13.1 Å². The number of hydrogen-bond acceptors (Lipinski definition) is 4. The van der Waals surface area contributed by atoms with Gasteiger partial charge < -0.3 is 20.5 Å². The van der Waals surface area contributed by atoms with Gasteiger partial charge in [0.2, 0.25) is 0 Å². The van der Waals surface area contributed by atoms with Gasteiger partial charge in [-0.25, -0.2) is 0 Å². The molecule has 1 aliphatic heterocycles. The van der Waals surface area contributed by atoms with Gasteiger partial charge >= 0.3 is 0 Å². The Kier molecular flexibility index (Phi) is 4.12. The fourth-order valence-electron chi connectivity index (χ4n) is 1.60. The number of nitrogens with two attached hydrogens (primary N) is 1. The predicted molar refractivity (Wildman–Crippen MR) is 51.5 cm³/mol. The number of aliphatic hydroxyl groups excluding tert-OH is 1. The monoisotopic (exact) mass is 188 g/mol. The molecule has 0 aromatic heterocycles. The molecule has 1 saturated heterocycles. The molecule has 13 heavy (non-hydrogen) atoms. The Balaban J connectivity index is 2.36. The fourth-order valence-corrected chi connectivity index (χ4v) is 1.60. The van der Waals surface area contributed by atoms with E-state index in [1.165, 1.54) is 0 Å². The molecule has 3 N–H and O–H groups in total.